The lowest BCUT2D eigenvalue weighted by molar-refractivity contribution is 0.732. The van der Waals surface area contributed by atoms with Crippen LogP contribution in [0.4, 0.5) is 0 Å². The highest BCUT2D eigenvalue weighted by atomic mass is 15.1. The standard InChI is InChI=1S/C12H17N3/c1-5-8(2)10-7-15(4)11-6-9(3)13-14-12(10)11/h6-8H,5H2,1-4H3. The van der Waals surface area contributed by atoms with E-state index in [9.17, 15) is 0 Å². The number of aryl methyl sites for hydroxylation is 2. The Morgan fingerprint density at radius 3 is 2.80 bits per heavy atom. The van der Waals surface area contributed by atoms with Gasteiger partial charge in [0.25, 0.3) is 0 Å². The van der Waals surface area contributed by atoms with E-state index in [4.69, 9.17) is 0 Å². The molecule has 3 heteroatoms. The smallest absolute Gasteiger partial charge is 0.114 e. The zero-order valence-corrected chi connectivity index (χ0v) is 9.78. The van der Waals surface area contributed by atoms with Crippen molar-refractivity contribution in [1.82, 2.24) is 14.8 Å². The van der Waals surface area contributed by atoms with E-state index in [0.717, 1.165) is 17.6 Å². The Bertz CT molecular complexity index is 485. The van der Waals surface area contributed by atoms with Crippen molar-refractivity contribution in [2.75, 3.05) is 0 Å². The summed E-state index contributed by atoms with van der Waals surface area (Å²) < 4.78 is 2.14. The predicted molar refractivity (Wildman–Crippen MR) is 62.0 cm³/mol. The molecule has 0 spiro atoms. The molecule has 0 aliphatic rings. The van der Waals surface area contributed by atoms with Crippen LogP contribution in [0.1, 0.15) is 37.4 Å². The molecular formula is C12H17N3. The van der Waals surface area contributed by atoms with E-state index in [2.05, 4.69) is 47.9 Å². The Labute approximate surface area is 90.1 Å². The second-order valence-corrected chi connectivity index (χ2v) is 4.22. The normalized spacial score (nSPS) is 13.3. The third kappa shape index (κ3) is 1.62. The molecule has 0 fully saturated rings. The molecule has 0 aliphatic heterocycles. The highest BCUT2D eigenvalue weighted by molar-refractivity contribution is 5.79. The van der Waals surface area contributed by atoms with Gasteiger partial charge in [-0.25, -0.2) is 0 Å². The molecule has 0 saturated heterocycles. The van der Waals surface area contributed by atoms with E-state index >= 15 is 0 Å². The number of aromatic nitrogens is 3. The van der Waals surface area contributed by atoms with Crippen molar-refractivity contribution in [3.63, 3.8) is 0 Å². The molecule has 0 radical (unpaired) electrons. The van der Waals surface area contributed by atoms with Crippen LogP contribution in [0.25, 0.3) is 11.0 Å². The zero-order chi connectivity index (χ0) is 11.0. The van der Waals surface area contributed by atoms with Crippen LogP contribution in [0.5, 0.6) is 0 Å². The predicted octanol–water partition coefficient (Wildman–Crippen LogP) is 2.79. The van der Waals surface area contributed by atoms with Crippen LogP contribution >= 0.6 is 0 Å². The molecule has 1 unspecified atom stereocenters. The summed E-state index contributed by atoms with van der Waals surface area (Å²) >= 11 is 0. The number of hydrogen-bond acceptors (Lipinski definition) is 2. The van der Waals surface area contributed by atoms with Crippen molar-refractivity contribution in [1.29, 1.82) is 0 Å². The topological polar surface area (TPSA) is 30.7 Å². The third-order valence-electron chi connectivity index (χ3n) is 3.03. The van der Waals surface area contributed by atoms with Crippen LogP contribution < -0.4 is 0 Å². The van der Waals surface area contributed by atoms with E-state index < -0.39 is 0 Å². The van der Waals surface area contributed by atoms with Gasteiger partial charge >= 0.3 is 0 Å². The number of hydrogen-bond donors (Lipinski definition) is 0. The Balaban J connectivity index is 2.68. The summed E-state index contributed by atoms with van der Waals surface area (Å²) in [6, 6.07) is 2.09. The maximum absolute atomic E-state index is 4.30. The molecule has 0 saturated carbocycles. The van der Waals surface area contributed by atoms with Crippen molar-refractivity contribution in [2.45, 2.75) is 33.1 Å². The molecular weight excluding hydrogens is 186 g/mol. The van der Waals surface area contributed by atoms with Crippen LogP contribution in [0.2, 0.25) is 0 Å². The second kappa shape index (κ2) is 3.65. The maximum Gasteiger partial charge on any atom is 0.114 e. The first-order valence-corrected chi connectivity index (χ1v) is 5.42. The molecule has 80 valence electrons. The fraction of sp³-hybridized carbons (Fsp3) is 0.500. The summed E-state index contributed by atoms with van der Waals surface area (Å²) in [5, 5.41) is 8.43. The first-order valence-electron chi connectivity index (χ1n) is 5.42. The van der Waals surface area contributed by atoms with Crippen molar-refractivity contribution < 1.29 is 0 Å². The van der Waals surface area contributed by atoms with Crippen LogP contribution in [0.15, 0.2) is 12.3 Å². The van der Waals surface area contributed by atoms with Gasteiger partial charge in [0.05, 0.1) is 11.2 Å². The maximum atomic E-state index is 4.30. The minimum atomic E-state index is 0.547. The molecule has 0 aliphatic carbocycles. The van der Waals surface area contributed by atoms with Crippen LogP contribution in [-0.4, -0.2) is 14.8 Å². The van der Waals surface area contributed by atoms with Crippen LogP contribution in [0.3, 0.4) is 0 Å². The van der Waals surface area contributed by atoms with Gasteiger partial charge in [-0.1, -0.05) is 13.8 Å². The largest absolute Gasteiger partial charge is 0.349 e. The lowest BCUT2D eigenvalue weighted by Gasteiger charge is -2.04. The van der Waals surface area contributed by atoms with Gasteiger partial charge in [-0.05, 0) is 25.3 Å². The SMILES string of the molecule is CCC(C)c1cn(C)c2cc(C)nnc12. The van der Waals surface area contributed by atoms with Crippen LogP contribution in [0, 0.1) is 6.92 Å². The molecule has 3 nitrogen and oxygen atoms in total. The minimum absolute atomic E-state index is 0.547. The van der Waals surface area contributed by atoms with E-state index in [0.29, 0.717) is 5.92 Å². The Morgan fingerprint density at radius 2 is 2.13 bits per heavy atom. The quantitative estimate of drug-likeness (QED) is 0.751. The molecule has 0 aromatic carbocycles. The highest BCUT2D eigenvalue weighted by Crippen LogP contribution is 2.27. The van der Waals surface area contributed by atoms with Gasteiger partial charge in [0.2, 0.25) is 0 Å². The summed E-state index contributed by atoms with van der Waals surface area (Å²) in [6.45, 7) is 6.41. The second-order valence-electron chi connectivity index (χ2n) is 4.22. The van der Waals surface area contributed by atoms with Gasteiger partial charge in [0, 0.05) is 18.8 Å². The molecule has 2 heterocycles. The van der Waals surface area contributed by atoms with Crippen LogP contribution in [-0.2, 0) is 7.05 Å². The lowest BCUT2D eigenvalue weighted by Crippen LogP contribution is -1.92. The molecule has 0 N–H and O–H groups in total. The molecule has 1 atom stereocenters. The van der Waals surface area contributed by atoms with Gasteiger partial charge in [-0.2, -0.15) is 5.10 Å². The average molecular weight is 203 g/mol. The van der Waals surface area contributed by atoms with Crippen molar-refractivity contribution in [2.24, 2.45) is 7.05 Å². The minimum Gasteiger partial charge on any atom is -0.349 e. The first kappa shape index (κ1) is 10.1. The number of fused-ring (bicyclic) bond motifs is 1. The summed E-state index contributed by atoms with van der Waals surface area (Å²) in [6.07, 6.45) is 3.31. The molecule has 2 aromatic rings. The van der Waals surface area contributed by atoms with Crippen molar-refractivity contribution in [3.05, 3.63) is 23.5 Å². The molecule has 2 aromatic heterocycles. The van der Waals surface area contributed by atoms with E-state index in [1.807, 2.05) is 6.92 Å². The van der Waals surface area contributed by atoms with E-state index in [-0.39, 0.29) is 0 Å². The number of nitrogens with zero attached hydrogens (tertiary/aromatic N) is 3. The van der Waals surface area contributed by atoms with Crippen molar-refractivity contribution >= 4 is 11.0 Å². The van der Waals surface area contributed by atoms with Gasteiger partial charge in [-0.3, -0.25) is 0 Å². The summed E-state index contributed by atoms with van der Waals surface area (Å²) in [7, 11) is 2.06. The Hall–Kier alpha value is -1.38. The van der Waals surface area contributed by atoms with Gasteiger partial charge in [-0.15, -0.1) is 5.10 Å². The molecule has 0 amide bonds. The fourth-order valence-electron chi connectivity index (χ4n) is 1.87. The lowest BCUT2D eigenvalue weighted by atomic mass is 10.0. The summed E-state index contributed by atoms with van der Waals surface area (Å²) in [5.41, 5.74) is 4.51. The van der Waals surface area contributed by atoms with Crippen molar-refractivity contribution in [3.8, 4) is 0 Å². The Morgan fingerprint density at radius 1 is 1.40 bits per heavy atom. The fourth-order valence-corrected chi connectivity index (χ4v) is 1.87. The Kier molecular flexibility index (Phi) is 2.47. The zero-order valence-electron chi connectivity index (χ0n) is 9.78. The molecule has 0 bridgehead atoms. The number of rotatable bonds is 2. The summed E-state index contributed by atoms with van der Waals surface area (Å²) in [5.74, 6) is 0.547. The molecule has 2 rings (SSSR count). The van der Waals surface area contributed by atoms with Gasteiger partial charge in [0.15, 0.2) is 0 Å². The highest BCUT2D eigenvalue weighted by Gasteiger charge is 2.13. The van der Waals surface area contributed by atoms with E-state index in [1.165, 1.54) is 11.1 Å². The average Bonchev–Trinajstić information content (AvgIpc) is 2.55. The summed E-state index contributed by atoms with van der Waals surface area (Å²) in [4.78, 5) is 0. The monoisotopic (exact) mass is 203 g/mol. The van der Waals surface area contributed by atoms with E-state index in [1.54, 1.807) is 0 Å². The van der Waals surface area contributed by atoms with Gasteiger partial charge in [0.1, 0.15) is 5.52 Å². The third-order valence-corrected chi connectivity index (χ3v) is 3.03. The van der Waals surface area contributed by atoms with Gasteiger partial charge < -0.3 is 4.57 Å². The first-order chi connectivity index (χ1) is 7.13. The molecule has 15 heavy (non-hydrogen) atoms.